The summed E-state index contributed by atoms with van der Waals surface area (Å²) >= 11 is 1.62. The van der Waals surface area contributed by atoms with Gasteiger partial charge in [0, 0.05) is 11.8 Å². The smallest absolute Gasteiger partial charge is 0.325 e. The summed E-state index contributed by atoms with van der Waals surface area (Å²) in [5.74, 6) is 1.37. The normalized spacial score (nSPS) is 24.7. The van der Waals surface area contributed by atoms with Crippen LogP contribution in [0.15, 0.2) is 10.6 Å². The van der Waals surface area contributed by atoms with Crippen LogP contribution in [0.5, 0.6) is 0 Å². The van der Waals surface area contributed by atoms with Gasteiger partial charge in [0.1, 0.15) is 17.8 Å². The summed E-state index contributed by atoms with van der Waals surface area (Å²) in [5.41, 5.74) is -0.827. The molecule has 1 aromatic rings. The van der Waals surface area contributed by atoms with Crippen LogP contribution in [0.25, 0.3) is 0 Å². The molecule has 8 nitrogen and oxygen atoms in total. The lowest BCUT2D eigenvalue weighted by atomic mass is 9.99. The first-order chi connectivity index (χ1) is 10.00. The van der Waals surface area contributed by atoms with Crippen LogP contribution in [0.2, 0.25) is 0 Å². The predicted octanol–water partition coefficient (Wildman–Crippen LogP) is 0.349. The van der Waals surface area contributed by atoms with Crippen molar-refractivity contribution in [3.05, 3.63) is 11.8 Å². The Balaban J connectivity index is 1.65. The number of anilines is 1. The zero-order valence-electron chi connectivity index (χ0n) is 11.3. The number of urea groups is 1. The van der Waals surface area contributed by atoms with Crippen LogP contribution in [0.3, 0.4) is 0 Å². The number of aryl methyl sites for hydroxylation is 1. The highest BCUT2D eigenvalue weighted by Gasteiger charge is 2.53. The van der Waals surface area contributed by atoms with Gasteiger partial charge in [-0.2, -0.15) is 11.8 Å². The molecule has 0 saturated carbocycles. The highest BCUT2D eigenvalue weighted by Crippen LogP contribution is 2.33. The second-order valence-corrected chi connectivity index (χ2v) is 6.18. The van der Waals surface area contributed by atoms with Gasteiger partial charge in [-0.05, 0) is 19.1 Å². The molecule has 112 valence electrons. The molecule has 0 unspecified atom stereocenters. The largest absolute Gasteiger partial charge is 0.360 e. The van der Waals surface area contributed by atoms with Crippen molar-refractivity contribution in [2.45, 2.75) is 18.9 Å². The van der Waals surface area contributed by atoms with E-state index in [1.54, 1.807) is 24.8 Å². The van der Waals surface area contributed by atoms with Crippen LogP contribution >= 0.6 is 11.8 Å². The van der Waals surface area contributed by atoms with Crippen LogP contribution in [-0.4, -0.2) is 51.5 Å². The summed E-state index contributed by atoms with van der Waals surface area (Å²) in [5, 5.41) is 8.82. The van der Waals surface area contributed by atoms with Gasteiger partial charge in [-0.3, -0.25) is 14.5 Å². The molecule has 1 atom stereocenters. The number of carbonyl (C=O) groups excluding carboxylic acids is 3. The van der Waals surface area contributed by atoms with Crippen molar-refractivity contribution in [1.29, 1.82) is 0 Å². The number of nitrogens with zero attached hydrogens (tertiary/aromatic N) is 2. The van der Waals surface area contributed by atoms with Crippen molar-refractivity contribution in [3.8, 4) is 0 Å². The third-order valence-corrected chi connectivity index (χ3v) is 4.65. The molecule has 2 fully saturated rings. The molecule has 21 heavy (non-hydrogen) atoms. The third-order valence-electron chi connectivity index (χ3n) is 3.46. The number of nitrogens with one attached hydrogen (secondary N) is 2. The molecule has 1 spiro atoms. The standard InChI is InChI=1S/C12H14N4O4S/c1-7-4-8(15-20-7)13-9(17)5-16-10(18)12(14-11(16)19)2-3-21-6-12/h4H,2-3,5-6H2,1H3,(H,14,19)(H,13,15,17)/t12-/m0/s1. The molecule has 3 rings (SSSR count). The summed E-state index contributed by atoms with van der Waals surface area (Å²) in [6.45, 7) is 1.37. The lowest BCUT2D eigenvalue weighted by Crippen LogP contribution is -2.47. The highest BCUT2D eigenvalue weighted by atomic mass is 32.2. The second kappa shape index (κ2) is 5.06. The summed E-state index contributed by atoms with van der Waals surface area (Å²) in [6, 6.07) is 1.03. The minimum absolute atomic E-state index is 0.260. The quantitative estimate of drug-likeness (QED) is 0.781. The number of rotatable bonds is 3. The average Bonchev–Trinajstić information content (AvgIpc) is 3.09. The number of aromatic nitrogens is 1. The van der Waals surface area contributed by atoms with Gasteiger partial charge >= 0.3 is 6.03 Å². The Kier molecular flexibility index (Phi) is 3.36. The van der Waals surface area contributed by atoms with E-state index in [-0.39, 0.29) is 18.3 Å². The Morgan fingerprint density at radius 2 is 2.43 bits per heavy atom. The van der Waals surface area contributed by atoms with Crippen molar-refractivity contribution in [2.24, 2.45) is 0 Å². The molecular weight excluding hydrogens is 296 g/mol. The van der Waals surface area contributed by atoms with Crippen LogP contribution in [0, 0.1) is 6.92 Å². The van der Waals surface area contributed by atoms with Gasteiger partial charge in [0.15, 0.2) is 5.82 Å². The fraction of sp³-hybridized carbons (Fsp3) is 0.500. The number of imide groups is 1. The first-order valence-electron chi connectivity index (χ1n) is 6.45. The minimum Gasteiger partial charge on any atom is -0.360 e. The Morgan fingerprint density at radius 3 is 3.05 bits per heavy atom. The fourth-order valence-electron chi connectivity index (χ4n) is 2.40. The van der Waals surface area contributed by atoms with Crippen molar-refractivity contribution >= 4 is 35.4 Å². The van der Waals surface area contributed by atoms with Crippen LogP contribution in [-0.2, 0) is 9.59 Å². The van der Waals surface area contributed by atoms with E-state index in [0.717, 1.165) is 10.7 Å². The van der Waals surface area contributed by atoms with E-state index in [0.29, 0.717) is 17.9 Å². The SMILES string of the molecule is Cc1cc(NC(=O)CN2C(=O)N[C@]3(CCSC3)C2=O)no1. The fourth-order valence-corrected chi connectivity index (χ4v) is 3.73. The molecule has 2 aliphatic heterocycles. The molecule has 2 N–H and O–H groups in total. The molecule has 0 aromatic carbocycles. The Bertz CT molecular complexity index is 608. The molecule has 1 aromatic heterocycles. The van der Waals surface area contributed by atoms with Crippen LogP contribution < -0.4 is 10.6 Å². The highest BCUT2D eigenvalue weighted by molar-refractivity contribution is 7.99. The minimum atomic E-state index is -0.827. The van der Waals surface area contributed by atoms with Crippen molar-refractivity contribution in [3.63, 3.8) is 0 Å². The van der Waals surface area contributed by atoms with E-state index in [2.05, 4.69) is 15.8 Å². The maximum Gasteiger partial charge on any atom is 0.325 e. The van der Waals surface area contributed by atoms with Gasteiger partial charge in [0.25, 0.3) is 5.91 Å². The maximum absolute atomic E-state index is 12.3. The number of hydrogen-bond acceptors (Lipinski definition) is 6. The lowest BCUT2D eigenvalue weighted by molar-refractivity contribution is -0.133. The van der Waals surface area contributed by atoms with E-state index in [1.807, 2.05) is 0 Å². The third kappa shape index (κ3) is 2.48. The summed E-state index contributed by atoms with van der Waals surface area (Å²) < 4.78 is 4.83. The molecule has 9 heteroatoms. The van der Waals surface area contributed by atoms with Gasteiger partial charge in [0.2, 0.25) is 5.91 Å². The number of hydrogen-bond donors (Lipinski definition) is 2. The molecule has 3 heterocycles. The predicted molar refractivity (Wildman–Crippen MR) is 74.8 cm³/mol. The molecule has 0 radical (unpaired) electrons. The summed E-state index contributed by atoms with van der Waals surface area (Å²) in [4.78, 5) is 37.1. The topological polar surface area (TPSA) is 105 Å². The molecule has 2 saturated heterocycles. The Labute approximate surface area is 124 Å². The van der Waals surface area contributed by atoms with E-state index in [1.165, 1.54) is 0 Å². The zero-order valence-corrected chi connectivity index (χ0v) is 12.2. The molecular formula is C12H14N4O4S. The Hall–Kier alpha value is -2.03. The first kappa shape index (κ1) is 13.9. The van der Waals surface area contributed by atoms with Crippen molar-refractivity contribution in [1.82, 2.24) is 15.4 Å². The van der Waals surface area contributed by atoms with Crippen LogP contribution in [0.1, 0.15) is 12.2 Å². The van der Waals surface area contributed by atoms with E-state index >= 15 is 0 Å². The first-order valence-corrected chi connectivity index (χ1v) is 7.61. The van der Waals surface area contributed by atoms with Gasteiger partial charge in [0.05, 0.1) is 0 Å². The van der Waals surface area contributed by atoms with Gasteiger partial charge in [-0.25, -0.2) is 4.79 Å². The van der Waals surface area contributed by atoms with E-state index in [4.69, 9.17) is 4.52 Å². The number of carbonyl (C=O) groups is 3. The average molecular weight is 310 g/mol. The second-order valence-electron chi connectivity index (χ2n) is 5.08. The van der Waals surface area contributed by atoms with E-state index in [9.17, 15) is 14.4 Å². The molecule has 4 amide bonds. The van der Waals surface area contributed by atoms with Crippen LogP contribution in [0.4, 0.5) is 10.6 Å². The molecule has 2 aliphatic rings. The van der Waals surface area contributed by atoms with Crippen molar-refractivity contribution < 1.29 is 18.9 Å². The Morgan fingerprint density at radius 1 is 1.62 bits per heavy atom. The monoisotopic (exact) mass is 310 g/mol. The zero-order chi connectivity index (χ0) is 15.0. The maximum atomic E-state index is 12.3. The summed E-state index contributed by atoms with van der Waals surface area (Å²) in [7, 11) is 0. The number of amides is 4. The van der Waals surface area contributed by atoms with Gasteiger partial charge in [-0.15, -0.1) is 0 Å². The van der Waals surface area contributed by atoms with Gasteiger partial charge in [-0.1, -0.05) is 5.16 Å². The van der Waals surface area contributed by atoms with Gasteiger partial charge < -0.3 is 15.2 Å². The molecule has 0 aliphatic carbocycles. The molecule has 0 bridgehead atoms. The van der Waals surface area contributed by atoms with Crippen molar-refractivity contribution in [2.75, 3.05) is 23.4 Å². The van der Waals surface area contributed by atoms with E-state index < -0.39 is 17.5 Å². The number of thioether (sulfide) groups is 1. The lowest BCUT2D eigenvalue weighted by Gasteiger charge is -2.18. The summed E-state index contributed by atoms with van der Waals surface area (Å²) in [6.07, 6.45) is 0.600.